The Kier molecular flexibility index (Phi) is 4.71. The van der Waals surface area contributed by atoms with Crippen LogP contribution in [-0.4, -0.2) is 26.7 Å². The summed E-state index contributed by atoms with van der Waals surface area (Å²) >= 11 is 0. The van der Waals surface area contributed by atoms with Crippen LogP contribution in [0.4, 0.5) is 19.0 Å². The molecular formula is C13H11F3N4O4. The van der Waals surface area contributed by atoms with Gasteiger partial charge >= 0.3 is 18.1 Å². The molecule has 128 valence electrons. The van der Waals surface area contributed by atoms with Gasteiger partial charge in [0.15, 0.2) is 0 Å². The number of hydrogen-bond donors (Lipinski definition) is 1. The summed E-state index contributed by atoms with van der Waals surface area (Å²) in [5.41, 5.74) is 0.355. The van der Waals surface area contributed by atoms with E-state index in [-0.39, 0.29) is 18.2 Å². The van der Waals surface area contributed by atoms with E-state index in [1.54, 1.807) is 0 Å². The summed E-state index contributed by atoms with van der Waals surface area (Å²) in [4.78, 5) is 25.6. The summed E-state index contributed by atoms with van der Waals surface area (Å²) in [7, 11) is 1.30. The number of benzene rings is 1. The lowest BCUT2D eigenvalue weighted by molar-refractivity contribution is -0.391. The molecule has 2 aromatic rings. The second kappa shape index (κ2) is 6.56. The first-order valence-electron chi connectivity index (χ1n) is 6.46. The molecular weight excluding hydrogens is 333 g/mol. The predicted octanol–water partition coefficient (Wildman–Crippen LogP) is 2.16. The lowest BCUT2D eigenvalue weighted by Crippen LogP contribution is -2.26. The van der Waals surface area contributed by atoms with Crippen molar-refractivity contribution in [2.45, 2.75) is 12.9 Å². The standard InChI is InChI=1S/C13H11F3N4O4/c1-19-10(20(22)23)7-17-11(19)12(21)18-6-8-3-2-4-9(5-8)24-13(14,15)16/h2-5,7H,6H2,1H3,(H,18,21). The van der Waals surface area contributed by atoms with E-state index in [1.807, 2.05) is 0 Å². The van der Waals surface area contributed by atoms with Gasteiger partial charge in [-0.05, 0) is 22.6 Å². The van der Waals surface area contributed by atoms with Crippen molar-refractivity contribution in [3.05, 3.63) is 52.0 Å². The SMILES string of the molecule is Cn1c([N+](=O)[O-])cnc1C(=O)NCc1cccc(OC(F)(F)F)c1. The molecule has 0 bridgehead atoms. The first-order valence-corrected chi connectivity index (χ1v) is 6.46. The van der Waals surface area contributed by atoms with Crippen molar-refractivity contribution in [3.8, 4) is 5.75 Å². The minimum Gasteiger partial charge on any atom is -0.406 e. The lowest BCUT2D eigenvalue weighted by Gasteiger charge is -2.10. The number of nitrogens with one attached hydrogen (secondary N) is 1. The van der Waals surface area contributed by atoms with Crippen LogP contribution in [-0.2, 0) is 13.6 Å². The maximum Gasteiger partial charge on any atom is 0.573 e. The normalized spacial score (nSPS) is 11.2. The Balaban J connectivity index is 2.04. The van der Waals surface area contributed by atoms with E-state index in [0.29, 0.717) is 5.56 Å². The van der Waals surface area contributed by atoms with Crippen molar-refractivity contribution >= 4 is 11.7 Å². The first-order chi connectivity index (χ1) is 11.2. The van der Waals surface area contributed by atoms with Crippen LogP contribution in [0.2, 0.25) is 0 Å². The van der Waals surface area contributed by atoms with Crippen molar-refractivity contribution in [1.29, 1.82) is 0 Å². The third-order valence-corrected chi connectivity index (χ3v) is 2.94. The highest BCUT2D eigenvalue weighted by Gasteiger charge is 2.31. The number of imidazole rings is 1. The number of nitro groups is 1. The van der Waals surface area contributed by atoms with Gasteiger partial charge in [-0.15, -0.1) is 13.2 Å². The number of hydrogen-bond acceptors (Lipinski definition) is 5. The van der Waals surface area contributed by atoms with Gasteiger partial charge in [0.05, 0.1) is 7.05 Å². The van der Waals surface area contributed by atoms with Crippen LogP contribution in [0.1, 0.15) is 16.2 Å². The molecule has 0 fully saturated rings. The fraction of sp³-hybridized carbons (Fsp3) is 0.231. The number of nitrogens with zero attached hydrogens (tertiary/aromatic N) is 3. The summed E-state index contributed by atoms with van der Waals surface area (Å²) in [5.74, 6) is -1.67. The highest BCUT2D eigenvalue weighted by Crippen LogP contribution is 2.23. The van der Waals surface area contributed by atoms with Crippen molar-refractivity contribution in [2.24, 2.45) is 7.05 Å². The highest BCUT2D eigenvalue weighted by atomic mass is 19.4. The van der Waals surface area contributed by atoms with Gasteiger partial charge in [-0.25, -0.2) is 9.55 Å². The first kappa shape index (κ1) is 17.2. The third-order valence-electron chi connectivity index (χ3n) is 2.94. The molecule has 1 aromatic heterocycles. The monoisotopic (exact) mass is 344 g/mol. The van der Waals surface area contributed by atoms with E-state index in [2.05, 4.69) is 15.0 Å². The number of alkyl halides is 3. The Hall–Kier alpha value is -3.11. The molecule has 0 saturated heterocycles. The predicted molar refractivity (Wildman–Crippen MR) is 74.2 cm³/mol. The van der Waals surface area contributed by atoms with Gasteiger partial charge in [0, 0.05) is 6.54 Å². The second-order valence-electron chi connectivity index (χ2n) is 4.63. The van der Waals surface area contributed by atoms with Crippen LogP contribution in [0, 0.1) is 10.1 Å². The summed E-state index contributed by atoms with van der Waals surface area (Å²) in [6, 6.07) is 5.08. The van der Waals surface area contributed by atoms with Crippen LogP contribution in [0.15, 0.2) is 30.5 Å². The quantitative estimate of drug-likeness (QED) is 0.662. The zero-order valence-corrected chi connectivity index (χ0v) is 12.2. The van der Waals surface area contributed by atoms with E-state index in [9.17, 15) is 28.1 Å². The van der Waals surface area contributed by atoms with Gasteiger partial charge in [-0.2, -0.15) is 0 Å². The molecule has 8 nitrogen and oxygen atoms in total. The molecule has 0 aliphatic rings. The van der Waals surface area contributed by atoms with Crippen LogP contribution in [0.5, 0.6) is 5.75 Å². The number of ether oxygens (including phenoxy) is 1. The fourth-order valence-corrected chi connectivity index (χ4v) is 1.90. The molecule has 0 radical (unpaired) electrons. The number of carbonyl (C=O) groups excluding carboxylic acids is 1. The molecule has 1 aromatic carbocycles. The van der Waals surface area contributed by atoms with Gasteiger partial charge in [-0.1, -0.05) is 12.1 Å². The Morgan fingerprint density at radius 1 is 1.46 bits per heavy atom. The van der Waals surface area contributed by atoms with Gasteiger partial charge < -0.3 is 20.2 Å². The minimum absolute atomic E-state index is 0.103. The van der Waals surface area contributed by atoms with E-state index in [0.717, 1.165) is 22.9 Å². The largest absolute Gasteiger partial charge is 0.573 e. The third kappa shape index (κ3) is 4.21. The Morgan fingerprint density at radius 2 is 2.17 bits per heavy atom. The van der Waals surface area contributed by atoms with Crippen molar-refractivity contribution < 1.29 is 27.6 Å². The molecule has 0 saturated carbocycles. The average Bonchev–Trinajstić information content (AvgIpc) is 2.85. The van der Waals surface area contributed by atoms with Crippen LogP contribution in [0.3, 0.4) is 0 Å². The molecule has 11 heteroatoms. The maximum atomic E-state index is 12.2. The van der Waals surface area contributed by atoms with Crippen LogP contribution >= 0.6 is 0 Å². The molecule has 1 amide bonds. The Bertz CT molecular complexity index is 773. The zero-order valence-electron chi connectivity index (χ0n) is 12.2. The molecule has 2 rings (SSSR count). The van der Waals surface area contributed by atoms with Gasteiger partial charge in [0.2, 0.25) is 0 Å². The Labute approximate surface area is 133 Å². The summed E-state index contributed by atoms with van der Waals surface area (Å²) < 4.78 is 41.3. The zero-order chi connectivity index (χ0) is 17.9. The molecule has 0 aliphatic carbocycles. The Morgan fingerprint density at radius 3 is 2.75 bits per heavy atom. The van der Waals surface area contributed by atoms with Crippen molar-refractivity contribution in [2.75, 3.05) is 0 Å². The smallest absolute Gasteiger partial charge is 0.406 e. The number of carbonyl (C=O) groups is 1. The fourth-order valence-electron chi connectivity index (χ4n) is 1.90. The summed E-state index contributed by atoms with van der Waals surface area (Å²) in [5, 5.41) is 13.1. The van der Waals surface area contributed by atoms with Crippen LogP contribution < -0.4 is 10.1 Å². The number of halogens is 3. The van der Waals surface area contributed by atoms with E-state index >= 15 is 0 Å². The topological polar surface area (TPSA) is 99.3 Å². The van der Waals surface area contributed by atoms with Gasteiger partial charge in [0.1, 0.15) is 11.9 Å². The van der Waals surface area contributed by atoms with Crippen molar-refractivity contribution in [3.63, 3.8) is 0 Å². The van der Waals surface area contributed by atoms with Crippen molar-refractivity contribution in [1.82, 2.24) is 14.9 Å². The molecule has 0 aliphatic heterocycles. The molecule has 24 heavy (non-hydrogen) atoms. The molecule has 0 unspecified atom stereocenters. The molecule has 1 N–H and O–H groups in total. The minimum atomic E-state index is -4.81. The van der Waals surface area contributed by atoms with Gasteiger partial charge in [-0.3, -0.25) is 4.79 Å². The summed E-state index contributed by atoms with van der Waals surface area (Å²) in [6.45, 7) is -0.103. The number of aromatic nitrogens is 2. The van der Waals surface area contributed by atoms with E-state index < -0.39 is 22.9 Å². The lowest BCUT2D eigenvalue weighted by atomic mass is 10.2. The highest BCUT2D eigenvalue weighted by molar-refractivity contribution is 5.91. The molecule has 0 spiro atoms. The summed E-state index contributed by atoms with van der Waals surface area (Å²) in [6.07, 6.45) is -3.87. The van der Waals surface area contributed by atoms with E-state index in [4.69, 9.17) is 0 Å². The maximum absolute atomic E-state index is 12.2. The molecule has 1 heterocycles. The second-order valence-corrected chi connectivity index (χ2v) is 4.63. The average molecular weight is 344 g/mol. The molecule has 0 atom stereocenters. The van der Waals surface area contributed by atoms with Gasteiger partial charge in [0.25, 0.3) is 5.82 Å². The van der Waals surface area contributed by atoms with E-state index in [1.165, 1.54) is 19.2 Å². The van der Waals surface area contributed by atoms with Crippen LogP contribution in [0.25, 0.3) is 0 Å². The number of rotatable bonds is 5. The number of amides is 1.